The molecule has 0 aliphatic rings. The summed E-state index contributed by atoms with van der Waals surface area (Å²) in [5.74, 6) is 0. The van der Waals surface area contributed by atoms with Gasteiger partial charge in [0.25, 0.3) is 0 Å². The minimum absolute atomic E-state index is 0.0591. The van der Waals surface area contributed by atoms with Crippen LogP contribution in [0.4, 0.5) is 39.5 Å². The van der Waals surface area contributed by atoms with Crippen molar-refractivity contribution in [2.45, 2.75) is 18.0 Å². The SMILES string of the molecule is C[n+]1nn(OC(F)(F)F)c2cc(C(F)(F)F)cc(Cl)c21.O=S(=O)([O-])C(F)(F)F. The van der Waals surface area contributed by atoms with E-state index >= 15 is 0 Å². The zero-order valence-electron chi connectivity index (χ0n) is 12.8. The van der Waals surface area contributed by atoms with Gasteiger partial charge in [-0.15, -0.1) is 17.9 Å². The van der Waals surface area contributed by atoms with Gasteiger partial charge in [0, 0.05) is 6.07 Å². The fourth-order valence-electron chi connectivity index (χ4n) is 1.59. The summed E-state index contributed by atoms with van der Waals surface area (Å²) in [6, 6.07) is 1.07. The van der Waals surface area contributed by atoms with Crippen molar-refractivity contribution in [1.82, 2.24) is 10.1 Å². The summed E-state index contributed by atoms with van der Waals surface area (Å²) in [4.78, 5) is 3.46. The van der Waals surface area contributed by atoms with Crippen molar-refractivity contribution in [2.24, 2.45) is 7.05 Å². The lowest BCUT2D eigenvalue weighted by atomic mass is 10.2. The molecule has 0 N–H and O–H groups in total. The average molecular weight is 470 g/mol. The highest BCUT2D eigenvalue weighted by Crippen LogP contribution is 2.34. The van der Waals surface area contributed by atoms with Crippen LogP contribution in [0, 0.1) is 0 Å². The van der Waals surface area contributed by atoms with Crippen molar-refractivity contribution in [3.8, 4) is 0 Å². The van der Waals surface area contributed by atoms with Crippen LogP contribution in [0.1, 0.15) is 5.56 Å². The lowest BCUT2D eigenvalue weighted by molar-refractivity contribution is -0.712. The zero-order chi connectivity index (χ0) is 22.3. The molecule has 0 saturated heterocycles. The Hall–Kier alpha value is -2.01. The van der Waals surface area contributed by atoms with Gasteiger partial charge in [0.05, 0.1) is 15.4 Å². The molecule has 28 heavy (non-hydrogen) atoms. The first-order valence-corrected chi connectivity index (χ1v) is 7.97. The van der Waals surface area contributed by atoms with E-state index in [0.717, 1.165) is 4.68 Å². The Labute approximate surface area is 153 Å². The monoisotopic (exact) mass is 469 g/mol. The molecule has 2 aromatic rings. The topological polar surface area (TPSA) is 88.1 Å². The summed E-state index contributed by atoms with van der Waals surface area (Å²) in [7, 11) is -4.87. The molecule has 0 aliphatic carbocycles. The predicted molar refractivity (Wildman–Crippen MR) is 69.3 cm³/mol. The molecule has 0 aliphatic heterocycles. The van der Waals surface area contributed by atoms with Crippen LogP contribution in [0.5, 0.6) is 0 Å². The Morgan fingerprint density at radius 3 is 1.93 bits per heavy atom. The Kier molecular flexibility index (Phi) is 6.38. The van der Waals surface area contributed by atoms with Crippen molar-refractivity contribution in [2.75, 3.05) is 0 Å². The molecule has 1 aromatic heterocycles. The quantitative estimate of drug-likeness (QED) is 0.277. The van der Waals surface area contributed by atoms with Gasteiger partial charge in [-0.3, -0.25) is 0 Å². The lowest BCUT2D eigenvalue weighted by Gasteiger charge is -2.08. The highest BCUT2D eigenvalue weighted by atomic mass is 35.5. The molecular formula is C10H5ClF9N3O4S. The van der Waals surface area contributed by atoms with Crippen LogP contribution in [0.2, 0.25) is 5.02 Å². The average Bonchev–Trinajstić information content (AvgIpc) is 2.71. The van der Waals surface area contributed by atoms with Gasteiger partial charge in [-0.25, -0.2) is 13.3 Å². The Morgan fingerprint density at radius 2 is 1.57 bits per heavy atom. The molecule has 7 nitrogen and oxygen atoms in total. The fraction of sp³-hybridized carbons (Fsp3) is 0.400. The number of aromatic nitrogens is 3. The van der Waals surface area contributed by atoms with Crippen LogP contribution in [0.15, 0.2) is 12.1 Å². The third kappa shape index (κ3) is 5.99. The van der Waals surface area contributed by atoms with Crippen LogP contribution in [0.25, 0.3) is 11.0 Å². The van der Waals surface area contributed by atoms with Crippen LogP contribution in [-0.2, 0) is 23.3 Å². The number of hydrogen-bond donors (Lipinski definition) is 0. The van der Waals surface area contributed by atoms with E-state index in [1.165, 1.54) is 7.05 Å². The summed E-state index contributed by atoms with van der Waals surface area (Å²) < 4.78 is 134. The molecule has 1 aromatic carbocycles. The minimum atomic E-state index is -6.09. The standard InChI is InChI=1S/C9H5ClF6N3O.CHF3O3S/c1-18-7-5(10)2-4(8(11,12)13)3-6(7)19(17-18)20-9(14,15)16;2-1(3,4)8(5,6)7/h2-3H,1H3;(H,5,6,7)/q+1;/p-1. The van der Waals surface area contributed by atoms with E-state index in [4.69, 9.17) is 24.6 Å². The molecule has 0 atom stereocenters. The first-order chi connectivity index (χ1) is 12.2. The summed E-state index contributed by atoms with van der Waals surface area (Å²) in [6.07, 6.45) is -9.86. The van der Waals surface area contributed by atoms with Gasteiger partial charge < -0.3 is 4.55 Å². The van der Waals surface area contributed by atoms with Crippen molar-refractivity contribution < 1.29 is 62.0 Å². The number of nitrogens with zero attached hydrogens (tertiary/aromatic N) is 3. The van der Waals surface area contributed by atoms with E-state index in [2.05, 4.69) is 10.1 Å². The van der Waals surface area contributed by atoms with Crippen LogP contribution < -0.4 is 9.52 Å². The third-order valence-corrected chi connectivity index (χ3v) is 3.44. The Balaban J connectivity index is 0.000000416. The molecule has 0 fully saturated rings. The van der Waals surface area contributed by atoms with E-state index in [0.29, 0.717) is 12.1 Å². The predicted octanol–water partition coefficient (Wildman–Crippen LogP) is 2.53. The molecule has 0 spiro atoms. The van der Waals surface area contributed by atoms with Gasteiger partial charge in [0.1, 0.15) is 12.3 Å². The second-order valence-corrected chi connectivity index (χ2v) is 6.42. The molecule has 1 heterocycles. The van der Waals surface area contributed by atoms with E-state index in [1.807, 2.05) is 0 Å². The fourth-order valence-corrected chi connectivity index (χ4v) is 1.93. The number of aryl methyl sites for hydroxylation is 1. The van der Waals surface area contributed by atoms with E-state index in [9.17, 15) is 39.5 Å². The normalized spacial score (nSPS) is 13.3. The highest BCUT2D eigenvalue weighted by Gasteiger charge is 2.40. The zero-order valence-corrected chi connectivity index (χ0v) is 14.4. The summed E-state index contributed by atoms with van der Waals surface area (Å²) in [5, 5.41) is 2.90. The van der Waals surface area contributed by atoms with Gasteiger partial charge in [-0.1, -0.05) is 11.6 Å². The largest absolute Gasteiger partial charge is 0.741 e. The van der Waals surface area contributed by atoms with Crippen molar-refractivity contribution in [1.29, 1.82) is 0 Å². The number of alkyl halides is 9. The van der Waals surface area contributed by atoms with Crippen LogP contribution in [-0.4, -0.2) is 34.9 Å². The third-order valence-electron chi connectivity index (χ3n) is 2.59. The molecule has 0 radical (unpaired) electrons. The first kappa shape index (κ1) is 24.0. The van der Waals surface area contributed by atoms with Gasteiger partial charge in [0.15, 0.2) is 10.1 Å². The van der Waals surface area contributed by atoms with E-state index in [1.54, 1.807) is 0 Å². The number of benzene rings is 1. The molecule has 0 bridgehead atoms. The number of halogens is 10. The molecule has 18 heteroatoms. The number of fused-ring (bicyclic) bond motifs is 1. The second-order valence-electron chi connectivity index (χ2n) is 4.65. The van der Waals surface area contributed by atoms with E-state index < -0.39 is 44.3 Å². The number of rotatable bonds is 1. The summed E-state index contributed by atoms with van der Waals surface area (Å²) in [5.41, 5.74) is -7.52. The lowest BCUT2D eigenvalue weighted by Crippen LogP contribution is -2.35. The van der Waals surface area contributed by atoms with E-state index in [-0.39, 0.29) is 10.4 Å². The maximum atomic E-state index is 12.6. The van der Waals surface area contributed by atoms with Crippen LogP contribution >= 0.6 is 11.6 Å². The van der Waals surface area contributed by atoms with Crippen molar-refractivity contribution in [3.05, 3.63) is 22.7 Å². The van der Waals surface area contributed by atoms with Crippen molar-refractivity contribution in [3.63, 3.8) is 0 Å². The molecule has 0 amide bonds. The van der Waals surface area contributed by atoms with Gasteiger partial charge >= 0.3 is 18.0 Å². The maximum Gasteiger partial charge on any atom is 0.610 e. The second kappa shape index (κ2) is 7.43. The molecule has 160 valence electrons. The summed E-state index contributed by atoms with van der Waals surface area (Å²) >= 11 is 5.65. The molecule has 0 saturated carbocycles. The van der Waals surface area contributed by atoms with Gasteiger partial charge in [0.2, 0.25) is 11.0 Å². The van der Waals surface area contributed by atoms with Crippen LogP contribution in [0.3, 0.4) is 0 Å². The Morgan fingerprint density at radius 1 is 1.11 bits per heavy atom. The number of hydrogen-bond acceptors (Lipinski definition) is 5. The maximum absolute atomic E-state index is 12.6. The molecular weight excluding hydrogens is 465 g/mol. The molecule has 2 rings (SSSR count). The van der Waals surface area contributed by atoms with Gasteiger partial charge in [-0.2, -0.15) is 26.3 Å². The minimum Gasteiger partial charge on any atom is -0.741 e. The first-order valence-electron chi connectivity index (χ1n) is 6.18. The Bertz CT molecular complexity index is 966. The van der Waals surface area contributed by atoms with Gasteiger partial charge in [-0.05, 0) is 6.07 Å². The highest BCUT2D eigenvalue weighted by molar-refractivity contribution is 7.86. The smallest absolute Gasteiger partial charge is 0.610 e. The summed E-state index contributed by atoms with van der Waals surface area (Å²) in [6.45, 7) is 0. The van der Waals surface area contributed by atoms with Crippen molar-refractivity contribution >= 4 is 32.8 Å². The molecule has 0 unspecified atom stereocenters.